The molecule has 6 heteroatoms. The summed E-state index contributed by atoms with van der Waals surface area (Å²) in [5.41, 5.74) is 3.65. The van der Waals surface area contributed by atoms with E-state index in [0.29, 0.717) is 18.0 Å². The van der Waals surface area contributed by atoms with Gasteiger partial charge in [-0.25, -0.2) is 4.98 Å². The van der Waals surface area contributed by atoms with Crippen LogP contribution >= 0.6 is 0 Å². The van der Waals surface area contributed by atoms with Gasteiger partial charge in [-0.05, 0) is 43.5 Å². The molecule has 1 aromatic heterocycles. The van der Waals surface area contributed by atoms with E-state index < -0.39 is 0 Å². The first kappa shape index (κ1) is 22.1. The largest absolute Gasteiger partial charge is 0.463 e. The SMILES string of the molecule is CCC(CC)n1c(Cc2ccccc2)nc2cc(C(=O)N[C@@H]3CC(=O)OC(C)C3)ccc21. The summed E-state index contributed by atoms with van der Waals surface area (Å²) in [5.74, 6) is 0.570. The van der Waals surface area contributed by atoms with Gasteiger partial charge in [-0.15, -0.1) is 0 Å². The fourth-order valence-corrected chi connectivity index (χ4v) is 4.64. The molecule has 1 unspecified atom stereocenters. The zero-order valence-corrected chi connectivity index (χ0v) is 19.0. The van der Waals surface area contributed by atoms with Crippen LogP contribution in [0.3, 0.4) is 0 Å². The highest BCUT2D eigenvalue weighted by molar-refractivity contribution is 5.97. The Morgan fingerprint density at radius 1 is 1.19 bits per heavy atom. The van der Waals surface area contributed by atoms with E-state index in [1.54, 1.807) is 0 Å². The lowest BCUT2D eigenvalue weighted by molar-refractivity contribution is -0.153. The van der Waals surface area contributed by atoms with Gasteiger partial charge in [0, 0.05) is 30.5 Å². The Hall–Kier alpha value is -3.15. The molecule has 6 nitrogen and oxygen atoms in total. The number of hydrogen-bond acceptors (Lipinski definition) is 4. The van der Waals surface area contributed by atoms with Gasteiger partial charge in [0.2, 0.25) is 0 Å². The fraction of sp³-hybridized carbons (Fsp3) is 0.423. The molecular formula is C26H31N3O3. The molecular weight excluding hydrogens is 402 g/mol. The van der Waals surface area contributed by atoms with Crippen LogP contribution in [0.5, 0.6) is 0 Å². The second-order valence-electron chi connectivity index (χ2n) is 8.64. The molecule has 0 spiro atoms. The molecule has 1 aliphatic rings. The predicted molar refractivity (Wildman–Crippen MR) is 125 cm³/mol. The molecule has 0 radical (unpaired) electrons. The third-order valence-corrected chi connectivity index (χ3v) is 6.23. The third kappa shape index (κ3) is 4.69. The number of nitrogens with zero attached hydrogens (tertiary/aromatic N) is 2. The molecule has 1 amide bonds. The molecule has 2 heterocycles. The van der Waals surface area contributed by atoms with Gasteiger partial charge in [-0.2, -0.15) is 0 Å². The number of aromatic nitrogens is 2. The number of benzene rings is 2. The normalized spacial score (nSPS) is 18.7. The molecule has 4 rings (SSSR count). The van der Waals surface area contributed by atoms with Gasteiger partial charge in [0.05, 0.1) is 17.5 Å². The molecule has 168 valence electrons. The van der Waals surface area contributed by atoms with Crippen LogP contribution in [0.2, 0.25) is 0 Å². The van der Waals surface area contributed by atoms with Crippen LogP contribution in [0.4, 0.5) is 0 Å². The van der Waals surface area contributed by atoms with Gasteiger partial charge in [-0.1, -0.05) is 44.2 Å². The Morgan fingerprint density at radius 2 is 1.94 bits per heavy atom. The van der Waals surface area contributed by atoms with Crippen LogP contribution in [-0.4, -0.2) is 33.6 Å². The summed E-state index contributed by atoms with van der Waals surface area (Å²) in [5, 5.41) is 2.99. The Bertz CT molecular complexity index is 1100. The van der Waals surface area contributed by atoms with E-state index in [1.807, 2.05) is 43.3 Å². The number of fused-ring (bicyclic) bond motifs is 1. The van der Waals surface area contributed by atoms with E-state index in [9.17, 15) is 9.59 Å². The molecule has 0 aliphatic carbocycles. The minimum Gasteiger partial charge on any atom is -0.463 e. The standard InChI is InChI=1S/C26H31N3O3/c1-4-21(5-2)29-23-12-11-19(26(31)27-20-13-17(3)32-25(30)16-20)15-22(23)28-24(29)14-18-9-7-6-8-10-18/h6-12,15,17,20-21H,4-5,13-14,16H2,1-3H3,(H,27,31)/t17?,20-/m0/s1. The van der Waals surface area contributed by atoms with E-state index in [0.717, 1.165) is 36.1 Å². The molecule has 1 N–H and O–H groups in total. The fourth-order valence-electron chi connectivity index (χ4n) is 4.64. The summed E-state index contributed by atoms with van der Waals surface area (Å²) in [7, 11) is 0. The van der Waals surface area contributed by atoms with Crippen molar-refractivity contribution < 1.29 is 14.3 Å². The Balaban J connectivity index is 1.64. The van der Waals surface area contributed by atoms with Gasteiger partial charge < -0.3 is 14.6 Å². The summed E-state index contributed by atoms with van der Waals surface area (Å²) >= 11 is 0. The van der Waals surface area contributed by atoms with E-state index in [-0.39, 0.29) is 30.4 Å². The maximum Gasteiger partial charge on any atom is 0.308 e. The molecule has 1 fully saturated rings. The number of rotatable bonds is 7. The zero-order chi connectivity index (χ0) is 22.7. The van der Waals surface area contributed by atoms with Crippen LogP contribution in [0, 0.1) is 0 Å². The van der Waals surface area contributed by atoms with Crippen LogP contribution in [0.25, 0.3) is 11.0 Å². The van der Waals surface area contributed by atoms with Crippen molar-refractivity contribution in [3.05, 3.63) is 65.5 Å². The van der Waals surface area contributed by atoms with Crippen LogP contribution < -0.4 is 5.32 Å². The van der Waals surface area contributed by atoms with E-state index in [4.69, 9.17) is 9.72 Å². The molecule has 0 bridgehead atoms. The van der Waals surface area contributed by atoms with Crippen LogP contribution in [-0.2, 0) is 16.0 Å². The molecule has 0 saturated carbocycles. The topological polar surface area (TPSA) is 73.2 Å². The second-order valence-corrected chi connectivity index (χ2v) is 8.64. The number of amides is 1. The van der Waals surface area contributed by atoms with Crippen molar-refractivity contribution in [3.8, 4) is 0 Å². The summed E-state index contributed by atoms with van der Waals surface area (Å²) in [6.45, 7) is 6.25. The first-order valence-electron chi connectivity index (χ1n) is 11.5. The van der Waals surface area contributed by atoms with Crippen molar-refractivity contribution in [2.75, 3.05) is 0 Å². The summed E-state index contributed by atoms with van der Waals surface area (Å²) in [6.07, 6.45) is 3.44. The van der Waals surface area contributed by atoms with Gasteiger partial charge in [0.1, 0.15) is 11.9 Å². The van der Waals surface area contributed by atoms with Crippen molar-refractivity contribution in [2.45, 2.75) is 71.1 Å². The maximum absolute atomic E-state index is 12.9. The lowest BCUT2D eigenvalue weighted by Crippen LogP contribution is -2.43. The number of ether oxygens (including phenoxy) is 1. The summed E-state index contributed by atoms with van der Waals surface area (Å²) in [4.78, 5) is 29.6. The van der Waals surface area contributed by atoms with Crippen molar-refractivity contribution in [2.24, 2.45) is 0 Å². The van der Waals surface area contributed by atoms with Gasteiger partial charge in [0.25, 0.3) is 5.91 Å². The van der Waals surface area contributed by atoms with Gasteiger partial charge in [-0.3, -0.25) is 9.59 Å². The summed E-state index contributed by atoms with van der Waals surface area (Å²) in [6, 6.07) is 16.2. The average Bonchev–Trinajstić information content (AvgIpc) is 3.12. The Morgan fingerprint density at radius 3 is 2.62 bits per heavy atom. The van der Waals surface area contributed by atoms with Crippen molar-refractivity contribution in [1.82, 2.24) is 14.9 Å². The average molecular weight is 434 g/mol. The van der Waals surface area contributed by atoms with Gasteiger partial charge in [0.15, 0.2) is 0 Å². The number of hydrogen-bond donors (Lipinski definition) is 1. The van der Waals surface area contributed by atoms with Gasteiger partial charge >= 0.3 is 5.97 Å². The second kappa shape index (κ2) is 9.55. The number of carbonyl (C=O) groups is 2. The molecule has 32 heavy (non-hydrogen) atoms. The number of esters is 1. The number of imidazole rings is 1. The maximum atomic E-state index is 12.9. The minimum atomic E-state index is -0.265. The zero-order valence-electron chi connectivity index (χ0n) is 19.0. The van der Waals surface area contributed by atoms with E-state index >= 15 is 0 Å². The lowest BCUT2D eigenvalue weighted by atomic mass is 10.0. The first-order chi connectivity index (χ1) is 15.5. The quantitative estimate of drug-likeness (QED) is 0.543. The molecule has 1 saturated heterocycles. The molecule has 2 aromatic carbocycles. The highest BCUT2D eigenvalue weighted by atomic mass is 16.5. The summed E-state index contributed by atoms with van der Waals surface area (Å²) < 4.78 is 7.50. The highest BCUT2D eigenvalue weighted by Crippen LogP contribution is 2.28. The first-order valence-corrected chi connectivity index (χ1v) is 11.5. The third-order valence-electron chi connectivity index (χ3n) is 6.23. The van der Waals surface area contributed by atoms with Crippen LogP contribution in [0.15, 0.2) is 48.5 Å². The van der Waals surface area contributed by atoms with E-state index in [2.05, 4.69) is 35.9 Å². The minimum absolute atomic E-state index is 0.180. The van der Waals surface area contributed by atoms with Crippen molar-refractivity contribution >= 4 is 22.9 Å². The monoisotopic (exact) mass is 433 g/mol. The molecule has 3 aromatic rings. The molecule has 2 atom stereocenters. The Kier molecular flexibility index (Phi) is 6.58. The van der Waals surface area contributed by atoms with Crippen LogP contribution in [0.1, 0.15) is 74.2 Å². The Labute approximate surface area is 189 Å². The number of carbonyl (C=O) groups excluding carboxylic acids is 2. The lowest BCUT2D eigenvalue weighted by Gasteiger charge is -2.27. The molecule has 1 aliphatic heterocycles. The van der Waals surface area contributed by atoms with Crippen molar-refractivity contribution in [1.29, 1.82) is 0 Å². The predicted octanol–water partition coefficient (Wildman–Crippen LogP) is 4.81. The number of cyclic esters (lactones) is 1. The van der Waals surface area contributed by atoms with E-state index in [1.165, 1.54) is 5.56 Å². The number of nitrogens with one attached hydrogen (secondary N) is 1. The van der Waals surface area contributed by atoms with Crippen molar-refractivity contribution in [3.63, 3.8) is 0 Å². The smallest absolute Gasteiger partial charge is 0.308 e. The highest BCUT2D eigenvalue weighted by Gasteiger charge is 2.27.